The van der Waals surface area contributed by atoms with Gasteiger partial charge in [0.25, 0.3) is 0 Å². The lowest BCUT2D eigenvalue weighted by Crippen LogP contribution is -2.00. The fraction of sp³-hybridized carbons (Fsp3) is 0.250. The minimum Gasteiger partial charge on any atom is -0.382 e. The Morgan fingerprint density at radius 1 is 1.83 bits per heavy atom. The molecule has 1 unspecified atom stereocenters. The quantitative estimate of drug-likeness (QED) is 0.371. The average Bonchev–Trinajstić information content (AvgIpc) is 1.65. The second kappa shape index (κ2) is 2.60. The molecule has 0 rings (SSSR count). The number of carbonyl (C=O) groups excluding carboxylic acids is 1. The van der Waals surface area contributed by atoms with Crippen molar-refractivity contribution in [3.8, 4) is 0 Å². The Kier molecular flexibility index (Phi) is 2.33. The van der Waals surface area contributed by atoms with Crippen LogP contribution in [0.3, 0.4) is 0 Å². The average molecular weight is 86.1 g/mol. The van der Waals surface area contributed by atoms with Gasteiger partial charge in [0.15, 0.2) is 6.29 Å². The molecular formula is C4H6O2. The fourth-order valence-electron chi connectivity index (χ4n) is 0.0556. The van der Waals surface area contributed by atoms with Crippen molar-refractivity contribution >= 4 is 6.29 Å². The van der Waals surface area contributed by atoms with Crippen molar-refractivity contribution in [2.24, 2.45) is 0 Å². The van der Waals surface area contributed by atoms with E-state index in [9.17, 15) is 4.79 Å². The summed E-state index contributed by atoms with van der Waals surface area (Å²) in [6.07, 6.45) is 0.588. The lowest BCUT2D eigenvalue weighted by atomic mass is 10.4. The highest BCUT2D eigenvalue weighted by molar-refractivity contribution is 5.58. The van der Waals surface area contributed by atoms with Crippen molar-refractivity contribution in [2.75, 3.05) is 0 Å². The molecule has 0 aromatic carbocycles. The van der Waals surface area contributed by atoms with Crippen molar-refractivity contribution in [3.63, 3.8) is 0 Å². The van der Waals surface area contributed by atoms with Gasteiger partial charge in [0.05, 0.1) is 0 Å². The number of aliphatic hydroxyl groups is 1. The maximum atomic E-state index is 9.41. The highest BCUT2D eigenvalue weighted by Gasteiger charge is 1.86. The van der Waals surface area contributed by atoms with Gasteiger partial charge in [0.2, 0.25) is 0 Å². The van der Waals surface area contributed by atoms with E-state index in [2.05, 4.69) is 6.58 Å². The fourth-order valence-corrected chi connectivity index (χ4v) is 0.0556. The topological polar surface area (TPSA) is 37.3 Å². The van der Waals surface area contributed by atoms with Crippen LogP contribution in [0.4, 0.5) is 0 Å². The molecular weight excluding hydrogens is 80.0 g/mol. The molecule has 1 atom stereocenters. The van der Waals surface area contributed by atoms with E-state index in [0.717, 1.165) is 6.08 Å². The molecule has 2 heteroatoms. The third-order valence-corrected chi connectivity index (χ3v) is 0.381. The summed E-state index contributed by atoms with van der Waals surface area (Å²) < 4.78 is 0. The van der Waals surface area contributed by atoms with Crippen LogP contribution in [0.15, 0.2) is 12.7 Å². The molecule has 34 valence electrons. The SMILES string of the molecule is C=CC(O)C=O. The molecule has 0 fully saturated rings. The highest BCUT2D eigenvalue weighted by Crippen LogP contribution is 1.70. The third kappa shape index (κ3) is 1.67. The van der Waals surface area contributed by atoms with Crippen molar-refractivity contribution in [2.45, 2.75) is 6.10 Å². The predicted molar refractivity (Wildman–Crippen MR) is 22.3 cm³/mol. The first-order chi connectivity index (χ1) is 2.81. The van der Waals surface area contributed by atoms with Gasteiger partial charge in [0, 0.05) is 0 Å². The highest BCUT2D eigenvalue weighted by atomic mass is 16.3. The lowest BCUT2D eigenvalue weighted by Gasteiger charge is -1.83. The first-order valence-corrected chi connectivity index (χ1v) is 1.57. The van der Waals surface area contributed by atoms with E-state index < -0.39 is 6.10 Å². The number of hydrogen-bond acceptors (Lipinski definition) is 2. The van der Waals surface area contributed by atoms with Gasteiger partial charge in [-0.15, -0.1) is 6.58 Å². The smallest absolute Gasteiger partial charge is 0.152 e. The summed E-state index contributed by atoms with van der Waals surface area (Å²) in [6.45, 7) is 3.15. The summed E-state index contributed by atoms with van der Waals surface area (Å²) in [5, 5.41) is 8.18. The first kappa shape index (κ1) is 5.37. The lowest BCUT2D eigenvalue weighted by molar-refractivity contribution is -0.112. The van der Waals surface area contributed by atoms with Crippen LogP contribution in [0.2, 0.25) is 0 Å². The number of aldehydes is 1. The predicted octanol–water partition coefficient (Wildman–Crippen LogP) is -0.268. The molecule has 0 saturated carbocycles. The minimum atomic E-state index is -0.981. The Balaban J connectivity index is 3.21. The second-order valence-corrected chi connectivity index (χ2v) is 0.862. The minimum absolute atomic E-state index is 0.410. The maximum Gasteiger partial charge on any atom is 0.152 e. The van der Waals surface area contributed by atoms with Crippen LogP contribution in [0.1, 0.15) is 0 Å². The largest absolute Gasteiger partial charge is 0.382 e. The third-order valence-electron chi connectivity index (χ3n) is 0.381. The zero-order chi connectivity index (χ0) is 4.99. The van der Waals surface area contributed by atoms with E-state index in [1.54, 1.807) is 0 Å². The van der Waals surface area contributed by atoms with E-state index in [0.29, 0.717) is 6.29 Å². The molecule has 0 aliphatic rings. The van der Waals surface area contributed by atoms with E-state index in [4.69, 9.17) is 5.11 Å². The van der Waals surface area contributed by atoms with Gasteiger partial charge < -0.3 is 9.90 Å². The molecule has 0 amide bonds. The van der Waals surface area contributed by atoms with Crippen LogP contribution in [0.5, 0.6) is 0 Å². The number of carbonyl (C=O) groups is 1. The molecule has 0 aliphatic heterocycles. The summed E-state index contributed by atoms with van der Waals surface area (Å²) in [6, 6.07) is 0. The molecule has 0 saturated heterocycles. The Labute approximate surface area is 36.1 Å². The number of hydrogen-bond donors (Lipinski definition) is 1. The Morgan fingerprint density at radius 2 is 2.33 bits per heavy atom. The van der Waals surface area contributed by atoms with Gasteiger partial charge in [-0.1, -0.05) is 6.08 Å². The van der Waals surface area contributed by atoms with Crippen LogP contribution in [0, 0.1) is 0 Å². The van der Waals surface area contributed by atoms with Gasteiger partial charge in [-0.05, 0) is 0 Å². The standard InChI is InChI=1S/C4H6O2/c1-2-4(6)3-5/h2-4,6H,1H2. The van der Waals surface area contributed by atoms with Crippen molar-refractivity contribution in [3.05, 3.63) is 12.7 Å². The number of aliphatic hydroxyl groups excluding tert-OH is 1. The van der Waals surface area contributed by atoms with Crippen LogP contribution in [-0.2, 0) is 4.79 Å². The maximum absolute atomic E-state index is 9.41. The van der Waals surface area contributed by atoms with E-state index in [-0.39, 0.29) is 0 Å². The zero-order valence-corrected chi connectivity index (χ0v) is 3.29. The van der Waals surface area contributed by atoms with E-state index in [1.807, 2.05) is 0 Å². The van der Waals surface area contributed by atoms with E-state index >= 15 is 0 Å². The molecule has 0 radical (unpaired) electrons. The van der Waals surface area contributed by atoms with Gasteiger partial charge >= 0.3 is 0 Å². The first-order valence-electron chi connectivity index (χ1n) is 1.57. The molecule has 6 heavy (non-hydrogen) atoms. The van der Waals surface area contributed by atoms with Crippen LogP contribution in [-0.4, -0.2) is 17.5 Å². The van der Waals surface area contributed by atoms with Gasteiger partial charge in [0.1, 0.15) is 6.10 Å². The summed E-state index contributed by atoms with van der Waals surface area (Å²) in [5.41, 5.74) is 0. The van der Waals surface area contributed by atoms with E-state index in [1.165, 1.54) is 0 Å². The zero-order valence-electron chi connectivity index (χ0n) is 3.29. The van der Waals surface area contributed by atoms with Crippen LogP contribution in [0.25, 0.3) is 0 Å². The van der Waals surface area contributed by atoms with Crippen LogP contribution < -0.4 is 0 Å². The summed E-state index contributed by atoms with van der Waals surface area (Å²) in [7, 11) is 0. The van der Waals surface area contributed by atoms with Crippen LogP contribution >= 0.6 is 0 Å². The summed E-state index contributed by atoms with van der Waals surface area (Å²) in [5.74, 6) is 0. The Hall–Kier alpha value is -0.630. The number of rotatable bonds is 2. The molecule has 1 N–H and O–H groups in total. The molecule has 0 heterocycles. The molecule has 0 aromatic heterocycles. The van der Waals surface area contributed by atoms with Crippen molar-refractivity contribution in [1.82, 2.24) is 0 Å². The molecule has 0 aliphatic carbocycles. The van der Waals surface area contributed by atoms with Gasteiger partial charge in [-0.25, -0.2) is 0 Å². The van der Waals surface area contributed by atoms with Gasteiger partial charge in [-0.2, -0.15) is 0 Å². The molecule has 0 bridgehead atoms. The molecule has 0 spiro atoms. The molecule has 0 aromatic rings. The van der Waals surface area contributed by atoms with Gasteiger partial charge in [-0.3, -0.25) is 0 Å². The molecule has 2 nitrogen and oxygen atoms in total. The summed E-state index contributed by atoms with van der Waals surface area (Å²) in [4.78, 5) is 9.41. The normalized spacial score (nSPS) is 12.8. The van der Waals surface area contributed by atoms with Crippen molar-refractivity contribution < 1.29 is 9.90 Å². The Morgan fingerprint density at radius 3 is 2.33 bits per heavy atom. The summed E-state index contributed by atoms with van der Waals surface area (Å²) >= 11 is 0. The Bertz CT molecular complexity index is 50.6. The van der Waals surface area contributed by atoms with Crippen molar-refractivity contribution in [1.29, 1.82) is 0 Å². The second-order valence-electron chi connectivity index (χ2n) is 0.862. The monoisotopic (exact) mass is 86.0 g/mol.